The number of carbonyl (C=O) groups excluding carboxylic acids is 1. The van der Waals surface area contributed by atoms with Crippen LogP contribution in [-0.2, 0) is 13.6 Å². The van der Waals surface area contributed by atoms with Crippen LogP contribution in [0.15, 0.2) is 22.7 Å². The van der Waals surface area contributed by atoms with Crippen molar-refractivity contribution in [2.45, 2.75) is 33.4 Å². The summed E-state index contributed by atoms with van der Waals surface area (Å²) < 4.78 is 7.42. The third-order valence-corrected chi connectivity index (χ3v) is 3.91. The molecule has 0 aliphatic heterocycles. The van der Waals surface area contributed by atoms with Crippen LogP contribution >= 0.6 is 11.6 Å². The normalized spacial score (nSPS) is 12.3. The highest BCUT2D eigenvalue weighted by molar-refractivity contribution is 6.30. The minimum atomic E-state index is -0.136. The van der Waals surface area contributed by atoms with E-state index in [1.165, 1.54) is 0 Å². The molecule has 0 aliphatic rings. The van der Waals surface area contributed by atoms with E-state index in [1.54, 1.807) is 11.9 Å². The van der Waals surface area contributed by atoms with Gasteiger partial charge in [0, 0.05) is 31.5 Å². The Morgan fingerprint density at radius 2 is 2.14 bits per heavy atom. The Morgan fingerprint density at radius 1 is 1.45 bits per heavy atom. The summed E-state index contributed by atoms with van der Waals surface area (Å²) in [7, 11) is 3.67. The molecule has 5 nitrogen and oxygen atoms in total. The number of amides is 2. The first kappa shape index (κ1) is 16.5. The smallest absolute Gasteiger partial charge is 0.317 e. The molecule has 0 fully saturated rings. The second kappa shape index (κ2) is 6.48. The average Bonchev–Trinajstić information content (AvgIpc) is 2.91. The third kappa shape index (κ3) is 3.65. The highest BCUT2D eigenvalue weighted by atomic mass is 35.5. The van der Waals surface area contributed by atoms with Crippen molar-refractivity contribution in [3.8, 4) is 0 Å². The number of hydrogen-bond donors (Lipinski definition) is 1. The Hall–Kier alpha value is -1.88. The summed E-state index contributed by atoms with van der Waals surface area (Å²) >= 11 is 5.96. The summed E-state index contributed by atoms with van der Waals surface area (Å²) in [4.78, 5) is 13.9. The second-order valence-corrected chi connectivity index (χ2v) is 6.09. The number of aromatic nitrogens is 1. The van der Waals surface area contributed by atoms with E-state index >= 15 is 0 Å². The number of carbonyl (C=O) groups is 1. The number of furan rings is 1. The second-order valence-electron chi connectivity index (χ2n) is 5.66. The molecule has 120 valence electrons. The van der Waals surface area contributed by atoms with Gasteiger partial charge in [0.15, 0.2) is 0 Å². The first-order valence-corrected chi connectivity index (χ1v) is 7.55. The fourth-order valence-electron chi connectivity index (χ4n) is 2.49. The highest BCUT2D eigenvalue weighted by Crippen LogP contribution is 2.21. The monoisotopic (exact) mass is 323 g/mol. The summed E-state index contributed by atoms with van der Waals surface area (Å²) in [5, 5.41) is 3.65. The molecule has 0 spiro atoms. The molecule has 6 heteroatoms. The summed E-state index contributed by atoms with van der Waals surface area (Å²) in [5.41, 5.74) is 1.98. The van der Waals surface area contributed by atoms with E-state index in [2.05, 4.69) is 5.32 Å². The minimum Gasteiger partial charge on any atom is -0.466 e. The van der Waals surface area contributed by atoms with Crippen molar-refractivity contribution in [2.24, 2.45) is 7.05 Å². The molecule has 0 radical (unpaired) electrons. The number of rotatable bonds is 4. The van der Waals surface area contributed by atoms with E-state index in [1.807, 2.05) is 50.7 Å². The van der Waals surface area contributed by atoms with Gasteiger partial charge in [-0.1, -0.05) is 11.6 Å². The molecule has 2 amide bonds. The molecular weight excluding hydrogens is 302 g/mol. The molecule has 1 atom stereocenters. The van der Waals surface area contributed by atoms with E-state index in [-0.39, 0.29) is 12.1 Å². The zero-order valence-electron chi connectivity index (χ0n) is 13.6. The van der Waals surface area contributed by atoms with Crippen LogP contribution in [0.1, 0.15) is 35.7 Å². The van der Waals surface area contributed by atoms with Gasteiger partial charge < -0.3 is 19.2 Å². The maximum atomic E-state index is 12.3. The molecule has 2 aromatic heterocycles. The number of hydrogen-bond acceptors (Lipinski definition) is 2. The first-order valence-electron chi connectivity index (χ1n) is 7.17. The van der Waals surface area contributed by atoms with Crippen molar-refractivity contribution in [2.75, 3.05) is 7.05 Å². The SMILES string of the molecule is Cc1cc([C@H](C)NC(=O)N(C)Cc2cc(Cl)cn2C)c(C)o1. The Labute approximate surface area is 135 Å². The van der Waals surface area contributed by atoms with Gasteiger partial charge in [0.05, 0.1) is 17.6 Å². The van der Waals surface area contributed by atoms with Crippen LogP contribution in [0.3, 0.4) is 0 Å². The van der Waals surface area contributed by atoms with Gasteiger partial charge in [-0.25, -0.2) is 4.79 Å². The van der Waals surface area contributed by atoms with E-state index in [0.717, 1.165) is 22.8 Å². The molecule has 2 rings (SSSR count). The van der Waals surface area contributed by atoms with Gasteiger partial charge in [-0.15, -0.1) is 0 Å². The third-order valence-electron chi connectivity index (χ3n) is 3.71. The van der Waals surface area contributed by atoms with Crippen molar-refractivity contribution in [3.63, 3.8) is 0 Å². The fourth-order valence-corrected chi connectivity index (χ4v) is 2.76. The van der Waals surface area contributed by atoms with Crippen molar-refractivity contribution in [3.05, 3.63) is 46.1 Å². The number of nitrogens with one attached hydrogen (secondary N) is 1. The lowest BCUT2D eigenvalue weighted by atomic mass is 10.1. The summed E-state index contributed by atoms with van der Waals surface area (Å²) in [6.07, 6.45) is 1.82. The van der Waals surface area contributed by atoms with Crippen molar-refractivity contribution >= 4 is 17.6 Å². The lowest BCUT2D eigenvalue weighted by Crippen LogP contribution is -2.38. The summed E-state index contributed by atoms with van der Waals surface area (Å²) in [5.74, 6) is 1.68. The van der Waals surface area contributed by atoms with E-state index in [4.69, 9.17) is 16.0 Å². The van der Waals surface area contributed by atoms with E-state index in [9.17, 15) is 4.79 Å². The number of halogens is 1. The van der Waals surface area contributed by atoms with Crippen LogP contribution in [0.4, 0.5) is 4.79 Å². The van der Waals surface area contributed by atoms with Gasteiger partial charge in [0.2, 0.25) is 0 Å². The Bertz CT molecular complexity index is 675. The van der Waals surface area contributed by atoms with Gasteiger partial charge in [-0.05, 0) is 32.9 Å². The molecule has 22 heavy (non-hydrogen) atoms. The van der Waals surface area contributed by atoms with Gasteiger partial charge in [0.1, 0.15) is 11.5 Å². The van der Waals surface area contributed by atoms with Crippen LogP contribution in [0.5, 0.6) is 0 Å². The first-order chi connectivity index (χ1) is 10.3. The quantitative estimate of drug-likeness (QED) is 0.930. The van der Waals surface area contributed by atoms with Gasteiger partial charge in [0.25, 0.3) is 0 Å². The Balaban J connectivity index is 1.99. The maximum absolute atomic E-state index is 12.3. The highest BCUT2D eigenvalue weighted by Gasteiger charge is 2.18. The standard InChI is InChI=1S/C16H22ClN3O2/c1-10-6-15(12(3)22-10)11(2)18-16(21)20(5)9-14-7-13(17)8-19(14)4/h6-8,11H,9H2,1-5H3,(H,18,21)/t11-/m0/s1. The van der Waals surface area contributed by atoms with Gasteiger partial charge in [-0.2, -0.15) is 0 Å². The lowest BCUT2D eigenvalue weighted by Gasteiger charge is -2.21. The molecule has 1 N–H and O–H groups in total. The zero-order valence-corrected chi connectivity index (χ0v) is 14.4. The van der Waals surface area contributed by atoms with E-state index < -0.39 is 0 Å². The molecule has 0 bridgehead atoms. The topological polar surface area (TPSA) is 50.4 Å². The minimum absolute atomic E-state index is 0.107. The number of nitrogens with zero attached hydrogens (tertiary/aromatic N) is 2. The summed E-state index contributed by atoms with van der Waals surface area (Å²) in [6.45, 7) is 6.24. The zero-order chi connectivity index (χ0) is 16.4. The molecule has 0 saturated heterocycles. The largest absolute Gasteiger partial charge is 0.466 e. The lowest BCUT2D eigenvalue weighted by molar-refractivity contribution is 0.202. The molecule has 0 unspecified atom stereocenters. The molecule has 0 aromatic carbocycles. The van der Waals surface area contributed by atoms with E-state index in [0.29, 0.717) is 11.6 Å². The summed E-state index contributed by atoms with van der Waals surface area (Å²) in [6, 6.07) is 3.57. The van der Waals surface area contributed by atoms with Crippen LogP contribution in [-0.4, -0.2) is 22.5 Å². The van der Waals surface area contributed by atoms with Gasteiger partial charge >= 0.3 is 6.03 Å². The van der Waals surface area contributed by atoms with Crippen molar-refractivity contribution in [1.82, 2.24) is 14.8 Å². The molecule has 2 heterocycles. The molecule has 0 aliphatic carbocycles. The van der Waals surface area contributed by atoms with Crippen molar-refractivity contribution in [1.29, 1.82) is 0 Å². The predicted molar refractivity (Wildman–Crippen MR) is 87.0 cm³/mol. The van der Waals surface area contributed by atoms with Gasteiger partial charge in [-0.3, -0.25) is 0 Å². The van der Waals surface area contributed by atoms with Crippen LogP contribution in [0.2, 0.25) is 5.02 Å². The number of aryl methyl sites for hydroxylation is 3. The van der Waals surface area contributed by atoms with Crippen molar-refractivity contribution < 1.29 is 9.21 Å². The average molecular weight is 324 g/mol. The fraction of sp³-hybridized carbons (Fsp3) is 0.438. The molecule has 0 saturated carbocycles. The molecule has 2 aromatic rings. The van der Waals surface area contributed by atoms with Crippen LogP contribution in [0, 0.1) is 13.8 Å². The maximum Gasteiger partial charge on any atom is 0.317 e. The van der Waals surface area contributed by atoms with Crippen LogP contribution < -0.4 is 5.32 Å². The number of urea groups is 1. The Kier molecular flexibility index (Phi) is 4.86. The van der Waals surface area contributed by atoms with Crippen LogP contribution in [0.25, 0.3) is 0 Å². The molecular formula is C16H22ClN3O2. The predicted octanol–water partition coefficient (Wildman–Crippen LogP) is 3.79. The Morgan fingerprint density at radius 3 is 2.64 bits per heavy atom.